The Balaban J connectivity index is 1.56. The standard InChI is InChI=1S/C22H27FN2O4/c1-16(26)25-8-6-24(7-9-25)14-20(27)15-29-22-12-18(10-19(23)13-22)17-4-3-5-21(11-17)28-2/h3-5,10-13,20,27H,6-9,14-15H2,1-2H3. The first-order chi connectivity index (χ1) is 13.9. The highest BCUT2D eigenvalue weighted by Gasteiger charge is 2.20. The topological polar surface area (TPSA) is 62.2 Å². The Labute approximate surface area is 170 Å². The van der Waals surface area contributed by atoms with Crippen molar-refractivity contribution in [1.29, 1.82) is 0 Å². The molecule has 1 amide bonds. The second-order valence-electron chi connectivity index (χ2n) is 7.18. The maximum absolute atomic E-state index is 14.1. The van der Waals surface area contributed by atoms with Gasteiger partial charge in [-0.05, 0) is 35.4 Å². The first-order valence-corrected chi connectivity index (χ1v) is 9.68. The van der Waals surface area contributed by atoms with E-state index in [4.69, 9.17) is 9.47 Å². The van der Waals surface area contributed by atoms with Crippen molar-refractivity contribution in [2.24, 2.45) is 0 Å². The fourth-order valence-electron chi connectivity index (χ4n) is 3.40. The number of amides is 1. The summed E-state index contributed by atoms with van der Waals surface area (Å²) >= 11 is 0. The van der Waals surface area contributed by atoms with Crippen molar-refractivity contribution in [3.05, 3.63) is 48.3 Å². The summed E-state index contributed by atoms with van der Waals surface area (Å²) < 4.78 is 25.0. The van der Waals surface area contributed by atoms with Crippen LogP contribution in [0.5, 0.6) is 11.5 Å². The van der Waals surface area contributed by atoms with Gasteiger partial charge < -0.3 is 19.5 Å². The number of rotatable bonds is 7. The first-order valence-electron chi connectivity index (χ1n) is 9.68. The van der Waals surface area contributed by atoms with E-state index >= 15 is 0 Å². The zero-order chi connectivity index (χ0) is 20.8. The largest absolute Gasteiger partial charge is 0.497 e. The molecule has 1 saturated heterocycles. The number of aliphatic hydroxyl groups is 1. The highest BCUT2D eigenvalue weighted by atomic mass is 19.1. The molecule has 1 aliphatic rings. The molecule has 1 atom stereocenters. The van der Waals surface area contributed by atoms with Crippen molar-refractivity contribution in [1.82, 2.24) is 9.80 Å². The quantitative estimate of drug-likeness (QED) is 0.771. The fraction of sp³-hybridized carbons (Fsp3) is 0.409. The molecule has 2 aromatic carbocycles. The van der Waals surface area contributed by atoms with E-state index in [0.29, 0.717) is 36.7 Å². The zero-order valence-corrected chi connectivity index (χ0v) is 16.8. The van der Waals surface area contributed by atoms with Crippen LogP contribution >= 0.6 is 0 Å². The van der Waals surface area contributed by atoms with Gasteiger partial charge in [0.1, 0.15) is 30.0 Å². The van der Waals surface area contributed by atoms with Crippen LogP contribution in [0.1, 0.15) is 6.92 Å². The number of hydrogen-bond donors (Lipinski definition) is 1. The number of methoxy groups -OCH3 is 1. The van der Waals surface area contributed by atoms with Gasteiger partial charge in [-0.15, -0.1) is 0 Å². The Hall–Kier alpha value is -2.64. The maximum Gasteiger partial charge on any atom is 0.219 e. The average Bonchev–Trinajstić information content (AvgIpc) is 2.72. The van der Waals surface area contributed by atoms with Gasteiger partial charge in [-0.3, -0.25) is 9.69 Å². The molecule has 0 bridgehead atoms. The molecule has 0 aromatic heterocycles. The van der Waals surface area contributed by atoms with E-state index in [1.165, 1.54) is 12.1 Å². The number of carbonyl (C=O) groups is 1. The normalized spacial score (nSPS) is 15.8. The van der Waals surface area contributed by atoms with Crippen LogP contribution in [0.15, 0.2) is 42.5 Å². The summed E-state index contributed by atoms with van der Waals surface area (Å²) in [5.41, 5.74) is 1.49. The molecule has 3 rings (SSSR count). The van der Waals surface area contributed by atoms with Crippen LogP contribution in [-0.4, -0.2) is 73.4 Å². The Kier molecular flexibility index (Phi) is 7.06. The molecule has 7 heteroatoms. The number of benzene rings is 2. The minimum absolute atomic E-state index is 0.0634. The molecule has 29 heavy (non-hydrogen) atoms. The van der Waals surface area contributed by atoms with Crippen molar-refractivity contribution >= 4 is 5.91 Å². The molecule has 1 heterocycles. The summed E-state index contributed by atoms with van der Waals surface area (Å²) in [6.45, 7) is 4.84. The van der Waals surface area contributed by atoms with Gasteiger partial charge in [0, 0.05) is 45.7 Å². The number of β-amino-alcohol motifs (C(OH)–C–C–N with tert-alkyl or cyclic N) is 1. The molecule has 156 valence electrons. The summed E-state index contributed by atoms with van der Waals surface area (Å²) in [4.78, 5) is 15.3. The van der Waals surface area contributed by atoms with Gasteiger partial charge in [0.2, 0.25) is 5.91 Å². The monoisotopic (exact) mass is 402 g/mol. The van der Waals surface area contributed by atoms with Gasteiger partial charge in [-0.25, -0.2) is 4.39 Å². The molecule has 0 saturated carbocycles. The number of ether oxygens (including phenoxy) is 2. The predicted octanol–water partition coefficient (Wildman–Crippen LogP) is 2.41. The SMILES string of the molecule is COc1cccc(-c2cc(F)cc(OCC(O)CN3CCN(C(C)=O)CC3)c2)c1. The van der Waals surface area contributed by atoms with Crippen LogP contribution in [-0.2, 0) is 4.79 Å². The van der Waals surface area contributed by atoms with Crippen molar-refractivity contribution in [3.8, 4) is 22.6 Å². The lowest BCUT2D eigenvalue weighted by Crippen LogP contribution is -2.50. The minimum Gasteiger partial charge on any atom is -0.497 e. The molecule has 6 nitrogen and oxygen atoms in total. The van der Waals surface area contributed by atoms with Crippen molar-refractivity contribution in [2.45, 2.75) is 13.0 Å². The Bertz CT molecular complexity index is 837. The van der Waals surface area contributed by atoms with E-state index in [2.05, 4.69) is 4.90 Å². The third-order valence-electron chi connectivity index (χ3n) is 5.00. The summed E-state index contributed by atoms with van der Waals surface area (Å²) in [7, 11) is 1.58. The van der Waals surface area contributed by atoms with E-state index in [0.717, 1.165) is 18.7 Å². The van der Waals surface area contributed by atoms with Gasteiger partial charge in [-0.1, -0.05) is 12.1 Å². The number of aliphatic hydroxyl groups excluding tert-OH is 1. The van der Waals surface area contributed by atoms with Crippen LogP contribution < -0.4 is 9.47 Å². The van der Waals surface area contributed by atoms with E-state index in [1.54, 1.807) is 25.0 Å². The van der Waals surface area contributed by atoms with Crippen LogP contribution in [0.3, 0.4) is 0 Å². The molecule has 0 aliphatic carbocycles. The molecular formula is C22H27FN2O4. The van der Waals surface area contributed by atoms with Gasteiger partial charge in [-0.2, -0.15) is 0 Å². The minimum atomic E-state index is -0.706. The van der Waals surface area contributed by atoms with Gasteiger partial charge in [0.15, 0.2) is 0 Å². The van der Waals surface area contributed by atoms with Gasteiger partial charge in [0.25, 0.3) is 0 Å². The second kappa shape index (κ2) is 9.71. The lowest BCUT2D eigenvalue weighted by atomic mass is 10.0. The lowest BCUT2D eigenvalue weighted by Gasteiger charge is -2.35. The van der Waals surface area contributed by atoms with E-state index in [-0.39, 0.29) is 12.5 Å². The van der Waals surface area contributed by atoms with Crippen LogP contribution in [0.25, 0.3) is 11.1 Å². The Morgan fingerprint density at radius 1 is 1.10 bits per heavy atom. The van der Waals surface area contributed by atoms with Crippen LogP contribution in [0.2, 0.25) is 0 Å². The molecule has 1 fully saturated rings. The smallest absolute Gasteiger partial charge is 0.219 e. The number of hydrogen-bond acceptors (Lipinski definition) is 5. The number of piperazine rings is 1. The second-order valence-corrected chi connectivity index (χ2v) is 7.18. The predicted molar refractivity (Wildman–Crippen MR) is 109 cm³/mol. The molecule has 1 unspecified atom stereocenters. The third-order valence-corrected chi connectivity index (χ3v) is 5.00. The summed E-state index contributed by atoms with van der Waals surface area (Å²) in [5, 5.41) is 10.3. The van der Waals surface area contributed by atoms with E-state index in [1.807, 2.05) is 24.3 Å². The molecular weight excluding hydrogens is 375 g/mol. The maximum atomic E-state index is 14.1. The average molecular weight is 402 g/mol. The number of nitrogens with zero attached hydrogens (tertiary/aromatic N) is 2. The van der Waals surface area contributed by atoms with E-state index < -0.39 is 11.9 Å². The zero-order valence-electron chi connectivity index (χ0n) is 16.8. The first kappa shape index (κ1) is 21.1. The highest BCUT2D eigenvalue weighted by Crippen LogP contribution is 2.28. The van der Waals surface area contributed by atoms with Gasteiger partial charge in [0.05, 0.1) is 7.11 Å². The fourth-order valence-corrected chi connectivity index (χ4v) is 3.40. The van der Waals surface area contributed by atoms with E-state index in [9.17, 15) is 14.3 Å². The van der Waals surface area contributed by atoms with Gasteiger partial charge >= 0.3 is 0 Å². The van der Waals surface area contributed by atoms with Crippen molar-refractivity contribution < 1.29 is 23.8 Å². The molecule has 0 radical (unpaired) electrons. The summed E-state index contributed by atoms with van der Waals surface area (Å²) in [6, 6.07) is 11.9. The van der Waals surface area contributed by atoms with Crippen molar-refractivity contribution in [2.75, 3.05) is 46.4 Å². The third kappa shape index (κ3) is 5.92. The number of halogens is 1. The molecule has 2 aromatic rings. The Morgan fingerprint density at radius 3 is 2.52 bits per heavy atom. The van der Waals surface area contributed by atoms with Crippen LogP contribution in [0, 0.1) is 5.82 Å². The van der Waals surface area contributed by atoms with Crippen molar-refractivity contribution in [3.63, 3.8) is 0 Å². The highest BCUT2D eigenvalue weighted by molar-refractivity contribution is 5.73. The molecule has 1 aliphatic heterocycles. The molecule has 0 spiro atoms. The molecule has 1 N–H and O–H groups in total. The summed E-state index contributed by atoms with van der Waals surface area (Å²) in [6.07, 6.45) is -0.706. The Morgan fingerprint density at radius 2 is 1.83 bits per heavy atom. The number of carbonyl (C=O) groups excluding carboxylic acids is 1. The lowest BCUT2D eigenvalue weighted by molar-refractivity contribution is -0.130. The summed E-state index contributed by atoms with van der Waals surface area (Å²) in [5.74, 6) is 0.722. The van der Waals surface area contributed by atoms with Crippen LogP contribution in [0.4, 0.5) is 4.39 Å².